The highest BCUT2D eigenvalue weighted by Gasteiger charge is 2.27. The van der Waals surface area contributed by atoms with Gasteiger partial charge in [-0.25, -0.2) is 0 Å². The van der Waals surface area contributed by atoms with Crippen LogP contribution in [0, 0.1) is 11.8 Å². The molecular formula is C16H33N3O. The molecule has 20 heavy (non-hydrogen) atoms. The van der Waals surface area contributed by atoms with Gasteiger partial charge in [0.15, 0.2) is 0 Å². The lowest BCUT2D eigenvalue weighted by molar-refractivity contribution is -0.123. The summed E-state index contributed by atoms with van der Waals surface area (Å²) in [4.78, 5) is 14.4. The Morgan fingerprint density at radius 2 is 1.90 bits per heavy atom. The Bertz CT molecular complexity index is 287. The second kappa shape index (κ2) is 8.63. The van der Waals surface area contributed by atoms with Gasteiger partial charge in [0.1, 0.15) is 0 Å². The third-order valence-corrected chi connectivity index (χ3v) is 4.90. The van der Waals surface area contributed by atoms with E-state index in [0.29, 0.717) is 12.0 Å². The first-order valence-electron chi connectivity index (χ1n) is 8.17. The van der Waals surface area contributed by atoms with Gasteiger partial charge in [0.2, 0.25) is 5.91 Å². The third-order valence-electron chi connectivity index (χ3n) is 4.90. The van der Waals surface area contributed by atoms with Gasteiger partial charge in [-0.3, -0.25) is 4.79 Å². The van der Waals surface area contributed by atoms with Gasteiger partial charge in [-0.15, -0.1) is 0 Å². The molecule has 0 saturated heterocycles. The van der Waals surface area contributed by atoms with Crippen LogP contribution in [0.1, 0.15) is 52.4 Å². The molecule has 118 valence electrons. The van der Waals surface area contributed by atoms with E-state index in [1.165, 1.54) is 32.1 Å². The molecule has 1 aliphatic rings. The number of likely N-dealkylation sites (N-methyl/N-ethyl adjacent to an activating group) is 1. The van der Waals surface area contributed by atoms with Crippen molar-refractivity contribution in [3.63, 3.8) is 0 Å². The molecule has 0 aromatic rings. The van der Waals surface area contributed by atoms with Crippen molar-refractivity contribution >= 4 is 5.91 Å². The Morgan fingerprint density at radius 1 is 1.30 bits per heavy atom. The van der Waals surface area contributed by atoms with E-state index in [0.717, 1.165) is 13.0 Å². The van der Waals surface area contributed by atoms with Gasteiger partial charge in [0.05, 0.1) is 6.04 Å². The van der Waals surface area contributed by atoms with Crippen LogP contribution in [0.25, 0.3) is 0 Å². The smallest absolute Gasteiger partial charge is 0.237 e. The average Bonchev–Trinajstić information content (AvgIpc) is 2.46. The Morgan fingerprint density at radius 3 is 2.40 bits per heavy atom. The van der Waals surface area contributed by atoms with E-state index < -0.39 is 0 Å². The molecule has 0 aromatic heterocycles. The summed E-state index contributed by atoms with van der Waals surface area (Å²) >= 11 is 0. The van der Waals surface area contributed by atoms with E-state index in [2.05, 4.69) is 31.2 Å². The lowest BCUT2D eigenvalue weighted by Crippen LogP contribution is -2.50. The SMILES string of the molecule is CCC(C)C(N)C(=O)NCC(C1CCCCC1)N(C)C. The molecule has 1 amide bonds. The molecular weight excluding hydrogens is 250 g/mol. The molecule has 1 rings (SSSR count). The molecule has 1 fully saturated rings. The lowest BCUT2D eigenvalue weighted by Gasteiger charge is -2.35. The van der Waals surface area contributed by atoms with Crippen molar-refractivity contribution in [1.29, 1.82) is 0 Å². The molecule has 0 aromatic carbocycles. The number of nitrogens with one attached hydrogen (secondary N) is 1. The van der Waals surface area contributed by atoms with Crippen molar-refractivity contribution in [2.45, 2.75) is 64.5 Å². The van der Waals surface area contributed by atoms with Crippen molar-refractivity contribution in [1.82, 2.24) is 10.2 Å². The van der Waals surface area contributed by atoms with Crippen LogP contribution in [0.3, 0.4) is 0 Å². The second-order valence-electron chi connectivity index (χ2n) is 6.59. The topological polar surface area (TPSA) is 58.4 Å². The van der Waals surface area contributed by atoms with Crippen LogP contribution in [0.4, 0.5) is 0 Å². The van der Waals surface area contributed by atoms with E-state index >= 15 is 0 Å². The van der Waals surface area contributed by atoms with Gasteiger partial charge in [-0.1, -0.05) is 39.5 Å². The zero-order chi connectivity index (χ0) is 15.1. The minimum Gasteiger partial charge on any atom is -0.353 e. The van der Waals surface area contributed by atoms with Gasteiger partial charge >= 0.3 is 0 Å². The summed E-state index contributed by atoms with van der Waals surface area (Å²) in [5.41, 5.74) is 5.99. The molecule has 3 N–H and O–H groups in total. The summed E-state index contributed by atoms with van der Waals surface area (Å²) < 4.78 is 0. The molecule has 3 atom stereocenters. The highest BCUT2D eigenvalue weighted by molar-refractivity contribution is 5.81. The minimum absolute atomic E-state index is 0.00186. The fraction of sp³-hybridized carbons (Fsp3) is 0.938. The van der Waals surface area contributed by atoms with Crippen LogP contribution >= 0.6 is 0 Å². The van der Waals surface area contributed by atoms with Gasteiger partial charge in [0.25, 0.3) is 0 Å². The number of nitrogens with zero attached hydrogens (tertiary/aromatic N) is 1. The molecule has 0 heterocycles. The van der Waals surface area contributed by atoms with Crippen LogP contribution in [0.15, 0.2) is 0 Å². The number of hydrogen-bond donors (Lipinski definition) is 2. The van der Waals surface area contributed by atoms with Crippen LogP contribution in [0.5, 0.6) is 0 Å². The first-order valence-corrected chi connectivity index (χ1v) is 8.17. The van der Waals surface area contributed by atoms with Crippen molar-refractivity contribution in [2.75, 3.05) is 20.6 Å². The molecule has 4 nitrogen and oxygen atoms in total. The molecule has 3 unspecified atom stereocenters. The van der Waals surface area contributed by atoms with Crippen molar-refractivity contribution in [2.24, 2.45) is 17.6 Å². The summed E-state index contributed by atoms with van der Waals surface area (Å²) in [7, 11) is 4.22. The Hall–Kier alpha value is -0.610. The molecule has 4 heteroatoms. The van der Waals surface area contributed by atoms with E-state index in [4.69, 9.17) is 5.73 Å². The highest BCUT2D eigenvalue weighted by atomic mass is 16.2. The lowest BCUT2D eigenvalue weighted by atomic mass is 9.83. The summed E-state index contributed by atoms with van der Waals surface area (Å²) in [5, 5.41) is 3.07. The van der Waals surface area contributed by atoms with Gasteiger partial charge in [-0.2, -0.15) is 0 Å². The second-order valence-corrected chi connectivity index (χ2v) is 6.59. The molecule has 0 radical (unpaired) electrons. The third kappa shape index (κ3) is 5.06. The number of amides is 1. The largest absolute Gasteiger partial charge is 0.353 e. The summed E-state index contributed by atoms with van der Waals surface area (Å²) in [6.45, 7) is 4.83. The Labute approximate surface area is 124 Å². The predicted octanol–water partition coefficient (Wildman–Crippen LogP) is 1.99. The quantitative estimate of drug-likeness (QED) is 0.751. The number of hydrogen-bond acceptors (Lipinski definition) is 3. The maximum absolute atomic E-state index is 12.1. The van der Waals surface area contributed by atoms with Crippen molar-refractivity contribution < 1.29 is 4.79 Å². The first kappa shape index (κ1) is 17.4. The molecule has 1 aliphatic carbocycles. The minimum atomic E-state index is -0.380. The molecule has 0 bridgehead atoms. The van der Waals surface area contributed by atoms with Gasteiger partial charge in [0, 0.05) is 12.6 Å². The van der Waals surface area contributed by atoms with Gasteiger partial charge < -0.3 is 16.0 Å². The molecule has 0 aliphatic heterocycles. The fourth-order valence-corrected chi connectivity index (χ4v) is 3.13. The van der Waals surface area contributed by atoms with Gasteiger partial charge in [-0.05, 0) is 38.8 Å². The van der Waals surface area contributed by atoms with Crippen LogP contribution < -0.4 is 11.1 Å². The standard InChI is InChI=1S/C16H33N3O/c1-5-12(2)15(17)16(20)18-11-14(19(3)4)13-9-7-6-8-10-13/h12-15H,5-11,17H2,1-4H3,(H,18,20). The van der Waals surface area contributed by atoms with E-state index in [9.17, 15) is 4.79 Å². The zero-order valence-corrected chi connectivity index (χ0v) is 13.7. The Balaban J connectivity index is 2.48. The maximum Gasteiger partial charge on any atom is 0.237 e. The molecule has 1 saturated carbocycles. The maximum atomic E-state index is 12.1. The first-order chi connectivity index (χ1) is 9.47. The number of rotatable bonds is 7. The van der Waals surface area contributed by atoms with Crippen molar-refractivity contribution in [3.05, 3.63) is 0 Å². The highest BCUT2D eigenvalue weighted by Crippen LogP contribution is 2.28. The normalized spacial score (nSPS) is 21.5. The molecule has 0 spiro atoms. The van der Waals surface area contributed by atoms with Crippen LogP contribution in [-0.2, 0) is 4.79 Å². The monoisotopic (exact) mass is 283 g/mol. The number of carbonyl (C=O) groups is 1. The summed E-state index contributed by atoms with van der Waals surface area (Å²) in [5.74, 6) is 0.948. The Kier molecular flexibility index (Phi) is 7.52. The summed E-state index contributed by atoms with van der Waals surface area (Å²) in [6.07, 6.45) is 7.53. The van der Waals surface area contributed by atoms with Crippen LogP contribution in [0.2, 0.25) is 0 Å². The number of carbonyl (C=O) groups excluding carboxylic acids is 1. The predicted molar refractivity (Wildman–Crippen MR) is 84.5 cm³/mol. The average molecular weight is 283 g/mol. The summed E-state index contributed by atoms with van der Waals surface area (Å²) in [6, 6.07) is 0.0533. The zero-order valence-electron chi connectivity index (χ0n) is 13.7. The van der Waals surface area contributed by atoms with E-state index in [1.54, 1.807) is 0 Å². The van der Waals surface area contributed by atoms with Crippen LogP contribution in [-0.4, -0.2) is 43.5 Å². The number of nitrogens with two attached hydrogens (primary N) is 1. The van der Waals surface area contributed by atoms with Crippen molar-refractivity contribution in [3.8, 4) is 0 Å². The van der Waals surface area contributed by atoms with E-state index in [-0.39, 0.29) is 17.9 Å². The fourth-order valence-electron chi connectivity index (χ4n) is 3.13. The van der Waals surface area contributed by atoms with E-state index in [1.807, 2.05) is 6.92 Å².